The van der Waals surface area contributed by atoms with Gasteiger partial charge >= 0.3 is 12.0 Å². The number of carboxylic acid groups (broad SMARTS) is 1. The molecule has 0 atom stereocenters. The molecule has 0 aliphatic carbocycles. The van der Waals surface area contributed by atoms with Gasteiger partial charge in [0.1, 0.15) is 0 Å². The van der Waals surface area contributed by atoms with Crippen LogP contribution in [0.1, 0.15) is 12.8 Å². The highest BCUT2D eigenvalue weighted by Crippen LogP contribution is 2.06. The average Bonchev–Trinajstić information content (AvgIpc) is 2.83. The van der Waals surface area contributed by atoms with Crippen LogP contribution in [-0.4, -0.2) is 59.1 Å². The van der Waals surface area contributed by atoms with E-state index in [1.807, 2.05) is 0 Å². The predicted octanol–water partition coefficient (Wildman–Crippen LogP) is 0.858. The van der Waals surface area contributed by atoms with E-state index in [1.165, 1.54) is 4.90 Å². The summed E-state index contributed by atoms with van der Waals surface area (Å²) in [4.78, 5) is 23.6. The van der Waals surface area contributed by atoms with Crippen molar-refractivity contribution in [3.05, 3.63) is 12.4 Å². The highest BCUT2D eigenvalue weighted by molar-refractivity contribution is 5.88. The number of anilines is 1. The lowest BCUT2D eigenvalue weighted by atomic mass is 10.3. The molecule has 0 saturated carbocycles. The van der Waals surface area contributed by atoms with Crippen LogP contribution in [0.15, 0.2) is 12.4 Å². The topological polar surface area (TPSA) is 96.7 Å². The monoisotopic (exact) mass is 284 g/mol. The lowest BCUT2D eigenvalue weighted by Gasteiger charge is -2.16. The summed E-state index contributed by atoms with van der Waals surface area (Å²) in [5.41, 5.74) is 0.594. The highest BCUT2D eigenvalue weighted by atomic mass is 16.5. The summed E-state index contributed by atoms with van der Waals surface area (Å²) in [7, 11) is 3.23. The summed E-state index contributed by atoms with van der Waals surface area (Å²) >= 11 is 0. The molecule has 20 heavy (non-hydrogen) atoms. The largest absolute Gasteiger partial charge is 0.481 e. The van der Waals surface area contributed by atoms with Gasteiger partial charge in [-0.25, -0.2) is 4.79 Å². The van der Waals surface area contributed by atoms with Crippen molar-refractivity contribution in [1.29, 1.82) is 0 Å². The summed E-state index contributed by atoms with van der Waals surface area (Å²) < 4.78 is 6.60. The molecule has 0 aromatic carbocycles. The first kappa shape index (κ1) is 16.0. The number of aliphatic carboxylic acids is 1. The molecule has 0 saturated heterocycles. The molecule has 1 aromatic rings. The Morgan fingerprint density at radius 2 is 2.30 bits per heavy atom. The van der Waals surface area contributed by atoms with Crippen molar-refractivity contribution >= 4 is 17.7 Å². The molecule has 0 unspecified atom stereocenters. The number of rotatable bonds is 8. The van der Waals surface area contributed by atoms with E-state index in [0.717, 1.165) is 0 Å². The van der Waals surface area contributed by atoms with Crippen LogP contribution in [0.5, 0.6) is 0 Å². The zero-order valence-electron chi connectivity index (χ0n) is 11.7. The van der Waals surface area contributed by atoms with Gasteiger partial charge in [-0.2, -0.15) is 5.10 Å². The summed E-state index contributed by atoms with van der Waals surface area (Å²) in [6.45, 7) is 1.54. The number of methoxy groups -OCH3 is 1. The number of aromatic nitrogens is 2. The van der Waals surface area contributed by atoms with Crippen LogP contribution < -0.4 is 5.32 Å². The molecule has 0 spiro atoms. The van der Waals surface area contributed by atoms with E-state index in [9.17, 15) is 9.59 Å². The van der Waals surface area contributed by atoms with Gasteiger partial charge in [0.15, 0.2) is 0 Å². The van der Waals surface area contributed by atoms with Gasteiger partial charge in [0.2, 0.25) is 0 Å². The van der Waals surface area contributed by atoms with Crippen LogP contribution in [0.2, 0.25) is 0 Å². The number of ether oxygens (including phenoxy) is 1. The van der Waals surface area contributed by atoms with Gasteiger partial charge in [-0.05, 0) is 6.42 Å². The second kappa shape index (κ2) is 8.16. The van der Waals surface area contributed by atoms with Crippen molar-refractivity contribution in [2.45, 2.75) is 19.4 Å². The molecule has 1 rings (SSSR count). The Balaban J connectivity index is 2.36. The fourth-order valence-electron chi connectivity index (χ4n) is 1.52. The molecule has 2 amide bonds. The number of hydrogen-bond donors (Lipinski definition) is 2. The van der Waals surface area contributed by atoms with Gasteiger partial charge in [-0.1, -0.05) is 0 Å². The summed E-state index contributed by atoms with van der Waals surface area (Å²) in [6.07, 6.45) is 3.74. The number of amides is 2. The van der Waals surface area contributed by atoms with Crippen LogP contribution in [-0.2, 0) is 16.1 Å². The Morgan fingerprint density at radius 3 is 2.95 bits per heavy atom. The molecule has 0 aliphatic rings. The first-order valence-corrected chi connectivity index (χ1v) is 6.28. The lowest BCUT2D eigenvalue weighted by Crippen LogP contribution is -2.32. The maximum Gasteiger partial charge on any atom is 0.321 e. The minimum absolute atomic E-state index is 0.0482. The number of nitrogens with zero attached hydrogens (tertiary/aromatic N) is 3. The molecular weight excluding hydrogens is 264 g/mol. The van der Waals surface area contributed by atoms with Gasteiger partial charge in [0.25, 0.3) is 0 Å². The van der Waals surface area contributed by atoms with Crippen LogP contribution in [0.3, 0.4) is 0 Å². The maximum absolute atomic E-state index is 11.8. The fraction of sp³-hybridized carbons (Fsp3) is 0.583. The minimum atomic E-state index is -0.863. The Labute approximate surface area is 117 Å². The van der Waals surface area contributed by atoms with Crippen LogP contribution in [0, 0.1) is 0 Å². The molecule has 112 valence electrons. The minimum Gasteiger partial charge on any atom is -0.481 e. The predicted molar refractivity (Wildman–Crippen MR) is 72.6 cm³/mol. The van der Waals surface area contributed by atoms with E-state index in [2.05, 4.69) is 10.4 Å². The van der Waals surface area contributed by atoms with E-state index in [0.29, 0.717) is 31.8 Å². The third kappa shape index (κ3) is 5.70. The summed E-state index contributed by atoms with van der Waals surface area (Å²) in [6, 6.07) is -0.290. The van der Waals surface area contributed by atoms with Crippen LogP contribution in [0.25, 0.3) is 0 Å². The van der Waals surface area contributed by atoms with Crippen molar-refractivity contribution in [3.63, 3.8) is 0 Å². The zero-order valence-corrected chi connectivity index (χ0v) is 11.7. The molecule has 0 fully saturated rings. The molecule has 1 heterocycles. The zero-order chi connectivity index (χ0) is 15.0. The number of carbonyl (C=O) groups excluding carboxylic acids is 1. The van der Waals surface area contributed by atoms with Gasteiger partial charge < -0.3 is 20.1 Å². The Bertz CT molecular complexity index is 446. The van der Waals surface area contributed by atoms with Gasteiger partial charge in [0.05, 0.1) is 25.0 Å². The molecule has 1 aromatic heterocycles. The van der Waals surface area contributed by atoms with Gasteiger partial charge in [-0.3, -0.25) is 9.48 Å². The third-order valence-electron chi connectivity index (χ3n) is 2.64. The third-order valence-corrected chi connectivity index (χ3v) is 2.64. The molecule has 2 N–H and O–H groups in total. The first-order chi connectivity index (χ1) is 9.52. The average molecular weight is 284 g/mol. The SMILES string of the molecule is COCCn1cc(NC(=O)N(C)CCCC(=O)O)cn1. The number of nitrogens with one attached hydrogen (secondary N) is 1. The van der Waals surface area contributed by atoms with E-state index in [-0.39, 0.29) is 12.5 Å². The quantitative estimate of drug-likeness (QED) is 0.738. The van der Waals surface area contributed by atoms with Gasteiger partial charge in [-0.15, -0.1) is 0 Å². The lowest BCUT2D eigenvalue weighted by molar-refractivity contribution is -0.137. The van der Waals surface area contributed by atoms with E-state index in [1.54, 1.807) is 31.2 Å². The molecular formula is C12H20N4O4. The van der Waals surface area contributed by atoms with Crippen molar-refractivity contribution < 1.29 is 19.4 Å². The van der Waals surface area contributed by atoms with E-state index >= 15 is 0 Å². The Kier molecular flexibility index (Phi) is 6.51. The number of carbonyl (C=O) groups is 2. The second-order valence-electron chi connectivity index (χ2n) is 4.33. The van der Waals surface area contributed by atoms with Crippen molar-refractivity contribution in [2.75, 3.05) is 32.6 Å². The second-order valence-corrected chi connectivity index (χ2v) is 4.33. The van der Waals surface area contributed by atoms with Gasteiger partial charge in [0, 0.05) is 33.3 Å². The van der Waals surface area contributed by atoms with Crippen molar-refractivity contribution in [1.82, 2.24) is 14.7 Å². The molecule has 8 heteroatoms. The summed E-state index contributed by atoms with van der Waals surface area (Å²) in [5, 5.41) is 15.3. The number of hydrogen-bond acceptors (Lipinski definition) is 4. The molecule has 0 radical (unpaired) electrons. The Hall–Kier alpha value is -2.09. The number of carboxylic acids is 1. The van der Waals surface area contributed by atoms with Crippen molar-refractivity contribution in [3.8, 4) is 0 Å². The van der Waals surface area contributed by atoms with Crippen LogP contribution in [0.4, 0.5) is 10.5 Å². The fourth-order valence-corrected chi connectivity index (χ4v) is 1.52. The van der Waals surface area contributed by atoms with Crippen molar-refractivity contribution in [2.24, 2.45) is 0 Å². The first-order valence-electron chi connectivity index (χ1n) is 6.28. The normalized spacial score (nSPS) is 10.3. The molecule has 0 bridgehead atoms. The molecule has 8 nitrogen and oxygen atoms in total. The van der Waals surface area contributed by atoms with E-state index in [4.69, 9.17) is 9.84 Å². The van der Waals surface area contributed by atoms with E-state index < -0.39 is 5.97 Å². The summed E-state index contributed by atoms with van der Waals surface area (Å²) in [5.74, 6) is -0.863. The smallest absolute Gasteiger partial charge is 0.321 e. The Morgan fingerprint density at radius 1 is 1.55 bits per heavy atom. The maximum atomic E-state index is 11.8. The number of urea groups is 1. The molecule has 0 aliphatic heterocycles. The standard InChI is InChI=1S/C12H20N4O4/c1-15(5-3-4-11(17)18)12(19)14-10-8-13-16(9-10)6-7-20-2/h8-9H,3-7H2,1-2H3,(H,14,19)(H,17,18). The van der Waals surface area contributed by atoms with Crippen LogP contribution >= 0.6 is 0 Å². The highest BCUT2D eigenvalue weighted by Gasteiger charge is 2.10.